The van der Waals surface area contributed by atoms with E-state index in [2.05, 4.69) is 0 Å². The number of nitrogens with two attached hydrogens (primary N) is 1. The van der Waals surface area contributed by atoms with Crippen LogP contribution in [0.25, 0.3) is 0 Å². The van der Waals surface area contributed by atoms with Crippen molar-refractivity contribution in [3.63, 3.8) is 0 Å². The number of hydrogen-bond donors (Lipinski definition) is 1. The molecule has 1 fully saturated rings. The summed E-state index contributed by atoms with van der Waals surface area (Å²) in [5.74, 6) is 0.487. The van der Waals surface area contributed by atoms with Gasteiger partial charge in [0.15, 0.2) is 0 Å². The van der Waals surface area contributed by atoms with E-state index in [0.29, 0.717) is 18.7 Å². The smallest absolute Gasteiger partial charge is 0.150 e. The van der Waals surface area contributed by atoms with Crippen molar-refractivity contribution in [3.05, 3.63) is 0 Å². The van der Waals surface area contributed by atoms with Crippen LogP contribution < -0.4 is 5.73 Å². The molecule has 6 heteroatoms. The van der Waals surface area contributed by atoms with Crippen LogP contribution >= 0.6 is 0 Å². The van der Waals surface area contributed by atoms with Gasteiger partial charge in [0, 0.05) is 34.6 Å². The summed E-state index contributed by atoms with van der Waals surface area (Å²) in [4.78, 5) is 0. The molecule has 0 saturated heterocycles. The predicted octanol–water partition coefficient (Wildman–Crippen LogP) is 0.0496. The van der Waals surface area contributed by atoms with Gasteiger partial charge in [0.25, 0.3) is 0 Å². The van der Waals surface area contributed by atoms with E-state index in [-0.39, 0.29) is 10.5 Å². The molecule has 3 atom stereocenters. The van der Waals surface area contributed by atoms with Crippen molar-refractivity contribution in [3.8, 4) is 0 Å². The molecule has 4 nitrogen and oxygen atoms in total. The Bertz CT molecular complexity index is 326. The maximum absolute atomic E-state index is 11.7. The van der Waals surface area contributed by atoms with Gasteiger partial charge in [-0.15, -0.1) is 0 Å². The molecule has 15 heavy (non-hydrogen) atoms. The molecule has 1 saturated carbocycles. The van der Waals surface area contributed by atoms with Crippen LogP contribution in [0.1, 0.15) is 25.7 Å². The molecule has 3 unspecified atom stereocenters. The summed E-state index contributed by atoms with van der Waals surface area (Å²) >= 11 is 0. The van der Waals surface area contributed by atoms with E-state index in [9.17, 15) is 12.6 Å². The molecule has 0 aliphatic heterocycles. The van der Waals surface area contributed by atoms with Crippen molar-refractivity contribution < 1.29 is 12.6 Å². The summed E-state index contributed by atoms with van der Waals surface area (Å²) in [7, 11) is -3.92. The highest BCUT2D eigenvalue weighted by Gasteiger charge is 2.31. The molecule has 90 valence electrons. The fraction of sp³-hybridized carbons (Fsp3) is 1.00. The van der Waals surface area contributed by atoms with Crippen molar-refractivity contribution in [2.45, 2.75) is 36.2 Å². The largest absolute Gasteiger partial charge is 0.330 e. The maximum Gasteiger partial charge on any atom is 0.150 e. The molecule has 1 aliphatic carbocycles. The first-order valence-electron chi connectivity index (χ1n) is 5.21. The standard InChI is InChI=1S/C9H19NO3S2/c1-15(12,13)9-4-2-3-8(7-9)14(11)6-5-10/h8-9H,2-7,10H2,1H3. The molecule has 2 N–H and O–H groups in total. The molecule has 0 aromatic rings. The van der Waals surface area contributed by atoms with E-state index in [0.717, 1.165) is 19.3 Å². The molecule has 0 heterocycles. The molecule has 1 rings (SSSR count). The zero-order chi connectivity index (χ0) is 11.5. The number of rotatable bonds is 4. The van der Waals surface area contributed by atoms with E-state index in [1.54, 1.807) is 0 Å². The summed E-state index contributed by atoms with van der Waals surface area (Å²) in [6, 6.07) is 0. The van der Waals surface area contributed by atoms with Gasteiger partial charge in [0.2, 0.25) is 0 Å². The summed E-state index contributed by atoms with van der Waals surface area (Å²) in [5, 5.41) is -0.264. The molecular weight excluding hydrogens is 234 g/mol. The second-order valence-corrected chi connectivity index (χ2v) is 8.28. The van der Waals surface area contributed by atoms with E-state index < -0.39 is 20.6 Å². The fourth-order valence-corrected chi connectivity index (χ4v) is 4.75. The quantitative estimate of drug-likeness (QED) is 0.768. The summed E-state index contributed by atoms with van der Waals surface area (Å²) in [6.07, 6.45) is 4.27. The second-order valence-electron chi connectivity index (χ2n) is 4.11. The lowest BCUT2D eigenvalue weighted by Gasteiger charge is -2.27. The molecule has 1 aliphatic rings. The van der Waals surface area contributed by atoms with Crippen LogP contribution in [0.3, 0.4) is 0 Å². The Hall–Kier alpha value is 0.0600. The summed E-state index contributed by atoms with van der Waals surface area (Å²) < 4.78 is 34.5. The van der Waals surface area contributed by atoms with Crippen molar-refractivity contribution in [2.75, 3.05) is 18.6 Å². The van der Waals surface area contributed by atoms with Gasteiger partial charge >= 0.3 is 0 Å². The van der Waals surface area contributed by atoms with Crippen molar-refractivity contribution >= 4 is 20.6 Å². The van der Waals surface area contributed by atoms with E-state index in [1.165, 1.54) is 6.26 Å². The molecule has 0 aromatic carbocycles. The van der Waals surface area contributed by atoms with E-state index in [1.807, 2.05) is 0 Å². The van der Waals surface area contributed by atoms with Crippen LogP contribution in [0.15, 0.2) is 0 Å². The molecule has 0 radical (unpaired) electrons. The third-order valence-corrected chi connectivity index (χ3v) is 6.32. The number of hydrogen-bond acceptors (Lipinski definition) is 4. The van der Waals surface area contributed by atoms with Gasteiger partial charge in [-0.1, -0.05) is 6.42 Å². The fourth-order valence-electron chi connectivity index (χ4n) is 2.01. The topological polar surface area (TPSA) is 77.2 Å². The van der Waals surface area contributed by atoms with Crippen LogP contribution in [-0.4, -0.2) is 41.7 Å². The lowest BCUT2D eigenvalue weighted by molar-refractivity contribution is 0.487. The second kappa shape index (κ2) is 5.41. The van der Waals surface area contributed by atoms with Gasteiger partial charge in [-0.3, -0.25) is 4.21 Å². The Morgan fingerprint density at radius 2 is 2.07 bits per heavy atom. The zero-order valence-electron chi connectivity index (χ0n) is 9.02. The van der Waals surface area contributed by atoms with Gasteiger partial charge in [0.05, 0.1) is 5.25 Å². The minimum absolute atomic E-state index is 0.0297. The van der Waals surface area contributed by atoms with Crippen molar-refractivity contribution in [1.29, 1.82) is 0 Å². The summed E-state index contributed by atoms with van der Waals surface area (Å²) in [5.41, 5.74) is 5.35. The van der Waals surface area contributed by atoms with Gasteiger partial charge < -0.3 is 5.73 Å². The lowest BCUT2D eigenvalue weighted by Crippen LogP contribution is -2.34. The first-order valence-corrected chi connectivity index (χ1v) is 8.55. The Morgan fingerprint density at radius 3 is 2.60 bits per heavy atom. The van der Waals surface area contributed by atoms with Crippen LogP contribution in [0.5, 0.6) is 0 Å². The molecular formula is C9H19NO3S2. The summed E-state index contributed by atoms with van der Waals surface area (Å²) in [6.45, 7) is 0.409. The highest BCUT2D eigenvalue weighted by molar-refractivity contribution is 7.91. The first kappa shape index (κ1) is 13.1. The normalized spacial score (nSPS) is 30.0. The molecule has 0 spiro atoms. The van der Waals surface area contributed by atoms with Crippen molar-refractivity contribution in [1.82, 2.24) is 0 Å². The maximum atomic E-state index is 11.7. The van der Waals surface area contributed by atoms with E-state index >= 15 is 0 Å². The zero-order valence-corrected chi connectivity index (χ0v) is 10.6. The lowest BCUT2D eigenvalue weighted by atomic mass is 10.00. The average molecular weight is 253 g/mol. The van der Waals surface area contributed by atoms with Crippen LogP contribution in [0.4, 0.5) is 0 Å². The van der Waals surface area contributed by atoms with Gasteiger partial charge in [-0.05, 0) is 19.3 Å². The monoisotopic (exact) mass is 253 g/mol. The third kappa shape index (κ3) is 3.85. The molecule has 0 bridgehead atoms. The SMILES string of the molecule is CS(=O)(=O)C1CCCC(S(=O)CCN)C1. The Morgan fingerprint density at radius 1 is 1.40 bits per heavy atom. The van der Waals surface area contributed by atoms with Crippen LogP contribution in [0, 0.1) is 0 Å². The Balaban J connectivity index is 2.60. The first-order chi connectivity index (χ1) is 6.95. The highest BCUT2D eigenvalue weighted by atomic mass is 32.2. The highest BCUT2D eigenvalue weighted by Crippen LogP contribution is 2.27. The minimum Gasteiger partial charge on any atom is -0.330 e. The third-order valence-electron chi connectivity index (χ3n) is 2.87. The number of sulfone groups is 1. The van der Waals surface area contributed by atoms with Gasteiger partial charge in [-0.2, -0.15) is 0 Å². The molecule has 0 amide bonds. The van der Waals surface area contributed by atoms with Crippen LogP contribution in [0.2, 0.25) is 0 Å². The minimum atomic E-state index is -2.97. The van der Waals surface area contributed by atoms with E-state index in [4.69, 9.17) is 5.73 Å². The molecule has 0 aromatic heterocycles. The van der Waals surface area contributed by atoms with Crippen molar-refractivity contribution in [2.24, 2.45) is 5.73 Å². The van der Waals surface area contributed by atoms with Crippen LogP contribution in [-0.2, 0) is 20.6 Å². The van der Waals surface area contributed by atoms with Gasteiger partial charge in [-0.25, -0.2) is 8.42 Å². The Kier molecular flexibility index (Phi) is 4.73. The Labute approximate surface area is 94.0 Å². The predicted molar refractivity (Wildman–Crippen MR) is 63.0 cm³/mol. The average Bonchev–Trinajstić information content (AvgIpc) is 2.17. The van der Waals surface area contributed by atoms with Gasteiger partial charge in [0.1, 0.15) is 9.84 Å².